The van der Waals surface area contributed by atoms with Gasteiger partial charge in [0.2, 0.25) is 0 Å². The molecule has 6 heteroatoms. The molecule has 1 heterocycles. The minimum absolute atomic E-state index is 0.0853. The minimum atomic E-state index is -4.26. The molecule has 0 saturated carbocycles. The van der Waals surface area contributed by atoms with E-state index in [2.05, 4.69) is 0 Å². The summed E-state index contributed by atoms with van der Waals surface area (Å²) in [4.78, 5) is 10.6. The van der Waals surface area contributed by atoms with E-state index in [4.69, 9.17) is 9.84 Å². The number of para-hydroxylation sites is 1. The fourth-order valence-electron chi connectivity index (χ4n) is 1.88. The van der Waals surface area contributed by atoms with Crippen molar-refractivity contribution in [3.8, 4) is 5.75 Å². The Hall–Kier alpha value is -1.69. The molecule has 0 aliphatic carbocycles. The van der Waals surface area contributed by atoms with E-state index in [9.17, 15) is 18.7 Å². The van der Waals surface area contributed by atoms with Crippen LogP contribution in [-0.4, -0.2) is 28.7 Å². The van der Waals surface area contributed by atoms with Gasteiger partial charge in [-0.25, -0.2) is 4.79 Å². The van der Waals surface area contributed by atoms with E-state index in [1.165, 1.54) is 18.2 Å². The summed E-state index contributed by atoms with van der Waals surface area (Å²) < 4.78 is 32.3. The van der Waals surface area contributed by atoms with E-state index in [1.807, 2.05) is 0 Å². The molecule has 1 aromatic carbocycles. The van der Waals surface area contributed by atoms with Crippen LogP contribution in [0.1, 0.15) is 12.0 Å². The highest BCUT2D eigenvalue weighted by Crippen LogP contribution is 2.46. The summed E-state index contributed by atoms with van der Waals surface area (Å²) in [5.41, 5.74) is -2.92. The Bertz CT molecular complexity index is 461. The van der Waals surface area contributed by atoms with Crippen molar-refractivity contribution in [3.05, 3.63) is 29.8 Å². The molecule has 17 heavy (non-hydrogen) atoms. The average molecular weight is 244 g/mol. The van der Waals surface area contributed by atoms with Crippen molar-refractivity contribution in [1.29, 1.82) is 0 Å². The zero-order chi connectivity index (χ0) is 12.7. The molecular weight excluding hydrogens is 234 g/mol. The molecule has 0 spiro atoms. The monoisotopic (exact) mass is 244 g/mol. The number of ether oxygens (including phenoxy) is 1. The highest BCUT2D eigenvalue weighted by molar-refractivity contribution is 5.78. The number of hydrogen-bond acceptors (Lipinski definition) is 3. The number of carboxylic acid groups (broad SMARTS) is 1. The number of alkyl halides is 2. The van der Waals surface area contributed by atoms with E-state index in [0.29, 0.717) is 0 Å². The Kier molecular flexibility index (Phi) is 2.54. The number of aliphatic hydroxyl groups is 1. The van der Waals surface area contributed by atoms with Gasteiger partial charge in [0.15, 0.2) is 5.60 Å². The van der Waals surface area contributed by atoms with Crippen LogP contribution < -0.4 is 4.74 Å². The predicted molar refractivity (Wildman–Crippen MR) is 53.0 cm³/mol. The summed E-state index contributed by atoms with van der Waals surface area (Å²) in [6.45, 7) is -0.156. The quantitative estimate of drug-likeness (QED) is 0.824. The lowest BCUT2D eigenvalue weighted by molar-refractivity contribution is -0.218. The first kappa shape index (κ1) is 11.8. The van der Waals surface area contributed by atoms with Crippen molar-refractivity contribution >= 4 is 5.97 Å². The highest BCUT2D eigenvalue weighted by atomic mass is 19.3. The molecule has 1 atom stereocenters. The molecule has 2 rings (SSSR count). The van der Waals surface area contributed by atoms with E-state index < -0.39 is 23.9 Å². The van der Waals surface area contributed by atoms with Crippen LogP contribution in [0.4, 0.5) is 8.78 Å². The number of carboxylic acids is 1. The van der Waals surface area contributed by atoms with Crippen LogP contribution in [0.25, 0.3) is 0 Å². The lowest BCUT2D eigenvalue weighted by Crippen LogP contribution is -2.53. The van der Waals surface area contributed by atoms with Gasteiger partial charge in [0, 0.05) is 12.0 Å². The van der Waals surface area contributed by atoms with E-state index in [-0.39, 0.29) is 17.9 Å². The Labute approximate surface area is 95.4 Å². The second-order valence-electron chi connectivity index (χ2n) is 3.83. The van der Waals surface area contributed by atoms with Gasteiger partial charge in [0.1, 0.15) is 5.75 Å². The summed E-state index contributed by atoms with van der Waals surface area (Å²) in [5, 5.41) is 18.5. The van der Waals surface area contributed by atoms with Crippen LogP contribution in [0.3, 0.4) is 0 Å². The zero-order valence-corrected chi connectivity index (χ0v) is 8.69. The molecule has 0 saturated heterocycles. The number of fused-ring (bicyclic) bond motifs is 1. The number of benzene rings is 1. The number of rotatable bonds is 2. The molecular formula is C11H10F2O4. The van der Waals surface area contributed by atoms with Crippen molar-refractivity contribution in [1.82, 2.24) is 0 Å². The van der Waals surface area contributed by atoms with Gasteiger partial charge in [-0.2, -0.15) is 8.78 Å². The standard InChI is InChI=1S/C11H10F2O4/c12-11(13,9(14)15)10(16)5-6-17-8-4-2-1-3-7(8)10/h1-4,16H,5-6H2,(H,14,15). The van der Waals surface area contributed by atoms with E-state index in [1.54, 1.807) is 6.07 Å². The fraction of sp³-hybridized carbons (Fsp3) is 0.364. The van der Waals surface area contributed by atoms with Crippen molar-refractivity contribution in [2.24, 2.45) is 0 Å². The SMILES string of the molecule is O=C(O)C(F)(F)C1(O)CCOc2ccccc21. The molecule has 2 N–H and O–H groups in total. The Morgan fingerprint density at radius 2 is 2.06 bits per heavy atom. The first-order chi connectivity index (χ1) is 7.89. The number of carbonyl (C=O) groups is 1. The molecule has 1 unspecified atom stereocenters. The maximum Gasteiger partial charge on any atom is 0.378 e. The van der Waals surface area contributed by atoms with Crippen molar-refractivity contribution in [2.75, 3.05) is 6.61 Å². The normalized spacial score (nSPS) is 23.7. The maximum absolute atomic E-state index is 13.6. The lowest BCUT2D eigenvalue weighted by Gasteiger charge is -2.37. The van der Waals surface area contributed by atoms with Gasteiger partial charge in [-0.3, -0.25) is 0 Å². The molecule has 0 amide bonds. The first-order valence-corrected chi connectivity index (χ1v) is 4.95. The van der Waals surface area contributed by atoms with Gasteiger partial charge >= 0.3 is 11.9 Å². The Balaban J connectivity index is 2.57. The van der Waals surface area contributed by atoms with Gasteiger partial charge in [0.25, 0.3) is 0 Å². The van der Waals surface area contributed by atoms with Crippen LogP contribution in [0.5, 0.6) is 5.75 Å². The molecule has 0 bridgehead atoms. The second-order valence-corrected chi connectivity index (χ2v) is 3.83. The largest absolute Gasteiger partial charge is 0.493 e. The zero-order valence-electron chi connectivity index (χ0n) is 8.69. The summed E-state index contributed by atoms with van der Waals surface area (Å²) in [7, 11) is 0. The topological polar surface area (TPSA) is 66.8 Å². The molecule has 0 radical (unpaired) electrons. The smallest absolute Gasteiger partial charge is 0.378 e. The maximum atomic E-state index is 13.6. The van der Waals surface area contributed by atoms with E-state index in [0.717, 1.165) is 0 Å². The summed E-state index contributed by atoms with van der Waals surface area (Å²) in [5.74, 6) is -6.52. The average Bonchev–Trinajstić information content (AvgIpc) is 2.29. The van der Waals surface area contributed by atoms with Crippen LogP contribution >= 0.6 is 0 Å². The number of aliphatic carboxylic acids is 1. The third kappa shape index (κ3) is 1.56. The van der Waals surface area contributed by atoms with Gasteiger partial charge in [0.05, 0.1) is 6.61 Å². The molecule has 1 aromatic rings. The van der Waals surface area contributed by atoms with Gasteiger partial charge < -0.3 is 14.9 Å². The highest BCUT2D eigenvalue weighted by Gasteiger charge is 2.61. The Morgan fingerprint density at radius 1 is 1.41 bits per heavy atom. The molecule has 92 valence electrons. The molecule has 0 fully saturated rings. The molecule has 1 aliphatic rings. The summed E-state index contributed by atoms with van der Waals surface area (Å²) >= 11 is 0. The van der Waals surface area contributed by atoms with Crippen LogP contribution in [0.15, 0.2) is 24.3 Å². The first-order valence-electron chi connectivity index (χ1n) is 4.95. The van der Waals surface area contributed by atoms with Gasteiger partial charge in [-0.05, 0) is 6.07 Å². The van der Waals surface area contributed by atoms with Crippen LogP contribution in [0, 0.1) is 0 Å². The molecule has 1 aliphatic heterocycles. The number of halogens is 2. The van der Waals surface area contributed by atoms with Crippen molar-refractivity contribution in [3.63, 3.8) is 0 Å². The van der Waals surface area contributed by atoms with E-state index >= 15 is 0 Å². The molecule has 4 nitrogen and oxygen atoms in total. The predicted octanol–water partition coefficient (Wildman–Crippen LogP) is 1.38. The fourth-order valence-corrected chi connectivity index (χ4v) is 1.88. The van der Waals surface area contributed by atoms with Gasteiger partial charge in [-0.15, -0.1) is 0 Å². The third-order valence-electron chi connectivity index (χ3n) is 2.84. The second kappa shape index (κ2) is 3.66. The van der Waals surface area contributed by atoms with Crippen LogP contribution in [-0.2, 0) is 10.4 Å². The molecule has 0 aromatic heterocycles. The number of hydrogen-bond donors (Lipinski definition) is 2. The third-order valence-corrected chi connectivity index (χ3v) is 2.84. The van der Waals surface area contributed by atoms with Crippen LogP contribution in [0.2, 0.25) is 0 Å². The Morgan fingerprint density at radius 3 is 2.71 bits per heavy atom. The summed E-state index contributed by atoms with van der Waals surface area (Å²) in [6.07, 6.45) is -0.469. The van der Waals surface area contributed by atoms with Gasteiger partial charge in [-0.1, -0.05) is 18.2 Å². The van der Waals surface area contributed by atoms with Crippen molar-refractivity contribution < 1.29 is 28.5 Å². The summed E-state index contributed by atoms with van der Waals surface area (Å²) in [6, 6.07) is 5.66. The minimum Gasteiger partial charge on any atom is -0.493 e. The van der Waals surface area contributed by atoms with Crippen molar-refractivity contribution in [2.45, 2.75) is 17.9 Å². The lowest BCUT2D eigenvalue weighted by atomic mass is 9.82.